The van der Waals surface area contributed by atoms with Crippen LogP contribution in [0.4, 0.5) is 10.1 Å². The normalized spacial score (nSPS) is 10.1. The summed E-state index contributed by atoms with van der Waals surface area (Å²) in [6, 6.07) is 3.99. The first-order chi connectivity index (χ1) is 7.65. The smallest absolute Gasteiger partial charge is 0.255 e. The van der Waals surface area contributed by atoms with Crippen molar-refractivity contribution in [1.82, 2.24) is 10.2 Å². The van der Waals surface area contributed by atoms with Crippen LogP contribution in [0.15, 0.2) is 35.1 Å². The molecule has 6 heteroatoms. The number of nitrogens with one attached hydrogen (secondary N) is 2. The lowest BCUT2D eigenvalue weighted by Gasteiger charge is -2.03. The number of amides is 1. The molecule has 0 unspecified atom stereocenters. The van der Waals surface area contributed by atoms with Crippen LogP contribution in [-0.2, 0) is 0 Å². The molecule has 2 aromatic rings. The van der Waals surface area contributed by atoms with Crippen LogP contribution >= 0.6 is 15.9 Å². The number of rotatable bonds is 2. The lowest BCUT2D eigenvalue weighted by Crippen LogP contribution is -2.11. The average Bonchev–Trinajstić information content (AvgIpc) is 2.68. The third-order valence-electron chi connectivity index (χ3n) is 1.88. The van der Waals surface area contributed by atoms with E-state index in [0.29, 0.717) is 10.2 Å². The zero-order chi connectivity index (χ0) is 11.5. The van der Waals surface area contributed by atoms with Crippen molar-refractivity contribution in [2.45, 2.75) is 0 Å². The highest BCUT2D eigenvalue weighted by molar-refractivity contribution is 9.10. The van der Waals surface area contributed by atoms with Gasteiger partial charge in [0.25, 0.3) is 5.91 Å². The fourth-order valence-electron chi connectivity index (χ4n) is 1.21. The second kappa shape index (κ2) is 4.44. The molecule has 16 heavy (non-hydrogen) atoms. The van der Waals surface area contributed by atoms with Crippen LogP contribution in [0.3, 0.4) is 0 Å². The maximum Gasteiger partial charge on any atom is 0.255 e. The van der Waals surface area contributed by atoms with E-state index in [9.17, 15) is 9.18 Å². The molecule has 2 rings (SSSR count). The molecular weight excluding hydrogens is 277 g/mol. The van der Waals surface area contributed by atoms with Crippen molar-refractivity contribution >= 4 is 27.5 Å². The summed E-state index contributed by atoms with van der Waals surface area (Å²) >= 11 is 3.12. The van der Waals surface area contributed by atoms with Crippen LogP contribution in [0.1, 0.15) is 10.4 Å². The van der Waals surface area contributed by atoms with Crippen molar-refractivity contribution in [3.05, 3.63) is 46.4 Å². The standard InChI is InChI=1S/C10H7BrFN3O/c11-7-1-6(2-8(12)3-7)10(16)15-9-4-13-14-5-9/h1-5H,(H,13,14)(H,15,16). The summed E-state index contributed by atoms with van der Waals surface area (Å²) in [5.74, 6) is -0.853. The topological polar surface area (TPSA) is 57.8 Å². The zero-order valence-corrected chi connectivity index (χ0v) is 9.58. The van der Waals surface area contributed by atoms with Gasteiger partial charge in [-0.15, -0.1) is 0 Å². The largest absolute Gasteiger partial charge is 0.319 e. The Hall–Kier alpha value is -1.69. The molecule has 0 radical (unpaired) electrons. The first-order valence-corrected chi connectivity index (χ1v) is 5.20. The van der Waals surface area contributed by atoms with Crippen molar-refractivity contribution in [1.29, 1.82) is 0 Å². The number of nitrogens with zero attached hydrogens (tertiary/aromatic N) is 1. The molecule has 0 atom stereocenters. The Morgan fingerprint density at radius 2 is 2.25 bits per heavy atom. The molecule has 1 aromatic carbocycles. The predicted molar refractivity (Wildman–Crippen MR) is 60.6 cm³/mol. The highest BCUT2D eigenvalue weighted by Gasteiger charge is 2.08. The Kier molecular flexibility index (Phi) is 3.00. The van der Waals surface area contributed by atoms with Gasteiger partial charge in [-0.1, -0.05) is 15.9 Å². The van der Waals surface area contributed by atoms with Crippen molar-refractivity contribution < 1.29 is 9.18 Å². The first-order valence-electron chi connectivity index (χ1n) is 4.41. The van der Waals surface area contributed by atoms with Gasteiger partial charge in [0.15, 0.2) is 0 Å². The maximum atomic E-state index is 13.0. The lowest BCUT2D eigenvalue weighted by molar-refractivity contribution is 0.102. The predicted octanol–water partition coefficient (Wildman–Crippen LogP) is 2.56. The molecule has 0 spiro atoms. The first kappa shape index (κ1) is 10.8. The van der Waals surface area contributed by atoms with Gasteiger partial charge in [-0.2, -0.15) is 5.10 Å². The van der Waals surface area contributed by atoms with Crippen LogP contribution in [0, 0.1) is 5.82 Å². The number of carbonyl (C=O) groups is 1. The molecule has 1 amide bonds. The highest BCUT2D eigenvalue weighted by Crippen LogP contribution is 2.16. The quantitative estimate of drug-likeness (QED) is 0.890. The Morgan fingerprint density at radius 1 is 1.44 bits per heavy atom. The molecule has 0 aliphatic carbocycles. The van der Waals surface area contributed by atoms with Gasteiger partial charge in [-0.05, 0) is 18.2 Å². The second-order valence-electron chi connectivity index (χ2n) is 3.10. The molecule has 0 bridgehead atoms. The van der Waals surface area contributed by atoms with E-state index in [1.165, 1.54) is 24.5 Å². The SMILES string of the molecule is O=C(Nc1cn[nH]c1)c1cc(F)cc(Br)c1. The number of benzene rings is 1. The molecule has 0 saturated heterocycles. The van der Waals surface area contributed by atoms with Gasteiger partial charge in [0.05, 0.1) is 11.9 Å². The van der Waals surface area contributed by atoms with Gasteiger partial charge in [0.1, 0.15) is 5.82 Å². The van der Waals surface area contributed by atoms with Crippen LogP contribution in [0.25, 0.3) is 0 Å². The van der Waals surface area contributed by atoms with Gasteiger partial charge < -0.3 is 5.32 Å². The van der Waals surface area contributed by atoms with E-state index in [2.05, 4.69) is 31.4 Å². The lowest BCUT2D eigenvalue weighted by atomic mass is 10.2. The number of aromatic amines is 1. The van der Waals surface area contributed by atoms with Crippen molar-refractivity contribution in [2.24, 2.45) is 0 Å². The fourth-order valence-corrected chi connectivity index (χ4v) is 1.67. The molecule has 1 aromatic heterocycles. The summed E-state index contributed by atoms with van der Waals surface area (Å²) in [6.07, 6.45) is 3.00. The molecule has 0 aliphatic heterocycles. The van der Waals surface area contributed by atoms with E-state index in [1.807, 2.05) is 0 Å². The maximum absolute atomic E-state index is 13.0. The van der Waals surface area contributed by atoms with E-state index in [-0.39, 0.29) is 11.5 Å². The number of carbonyl (C=O) groups excluding carboxylic acids is 1. The molecular formula is C10H7BrFN3O. The van der Waals surface area contributed by atoms with Crippen LogP contribution in [0.5, 0.6) is 0 Å². The van der Waals surface area contributed by atoms with E-state index < -0.39 is 5.82 Å². The summed E-state index contributed by atoms with van der Waals surface area (Å²) in [7, 11) is 0. The Morgan fingerprint density at radius 3 is 2.88 bits per heavy atom. The molecule has 0 aliphatic rings. The molecule has 0 saturated carbocycles. The number of H-pyrrole nitrogens is 1. The average molecular weight is 284 g/mol. The van der Waals surface area contributed by atoms with Crippen molar-refractivity contribution in [2.75, 3.05) is 5.32 Å². The Labute approximate surface area is 99.0 Å². The minimum Gasteiger partial charge on any atom is -0.319 e. The molecule has 1 heterocycles. The summed E-state index contributed by atoms with van der Waals surface area (Å²) in [5, 5.41) is 8.81. The number of hydrogen-bond donors (Lipinski definition) is 2. The second-order valence-corrected chi connectivity index (χ2v) is 4.01. The van der Waals surface area contributed by atoms with Crippen molar-refractivity contribution in [3.63, 3.8) is 0 Å². The Bertz CT molecular complexity index is 493. The van der Waals surface area contributed by atoms with Gasteiger partial charge in [0.2, 0.25) is 0 Å². The molecule has 0 fully saturated rings. The summed E-state index contributed by atoms with van der Waals surface area (Å²) in [5.41, 5.74) is 0.776. The number of anilines is 1. The fraction of sp³-hybridized carbons (Fsp3) is 0. The number of hydrogen-bond acceptors (Lipinski definition) is 2. The molecule has 2 N–H and O–H groups in total. The van der Waals surface area contributed by atoms with Gasteiger partial charge in [0, 0.05) is 16.2 Å². The molecule has 4 nitrogen and oxygen atoms in total. The Balaban J connectivity index is 2.21. The number of aromatic nitrogens is 2. The van der Waals surface area contributed by atoms with E-state index in [4.69, 9.17) is 0 Å². The van der Waals surface area contributed by atoms with Crippen LogP contribution in [0.2, 0.25) is 0 Å². The zero-order valence-electron chi connectivity index (χ0n) is 8.00. The van der Waals surface area contributed by atoms with Crippen molar-refractivity contribution in [3.8, 4) is 0 Å². The summed E-state index contributed by atoms with van der Waals surface area (Å²) in [4.78, 5) is 11.7. The van der Waals surface area contributed by atoms with Crippen LogP contribution in [-0.4, -0.2) is 16.1 Å². The number of halogens is 2. The van der Waals surface area contributed by atoms with Gasteiger partial charge >= 0.3 is 0 Å². The summed E-state index contributed by atoms with van der Waals surface area (Å²) < 4.78 is 13.6. The third-order valence-corrected chi connectivity index (χ3v) is 2.34. The van der Waals surface area contributed by atoms with Gasteiger partial charge in [-0.3, -0.25) is 9.89 Å². The van der Waals surface area contributed by atoms with E-state index in [1.54, 1.807) is 6.07 Å². The minimum atomic E-state index is -0.466. The van der Waals surface area contributed by atoms with E-state index in [0.717, 1.165) is 0 Å². The molecule has 82 valence electrons. The van der Waals surface area contributed by atoms with Gasteiger partial charge in [-0.25, -0.2) is 4.39 Å². The third kappa shape index (κ3) is 2.46. The summed E-state index contributed by atoms with van der Waals surface area (Å²) in [6.45, 7) is 0. The van der Waals surface area contributed by atoms with E-state index >= 15 is 0 Å². The minimum absolute atomic E-state index is 0.244. The van der Waals surface area contributed by atoms with Crippen LogP contribution < -0.4 is 5.32 Å². The monoisotopic (exact) mass is 283 g/mol. The highest BCUT2D eigenvalue weighted by atomic mass is 79.9.